The summed E-state index contributed by atoms with van der Waals surface area (Å²) in [6, 6.07) is 4.86. The highest BCUT2D eigenvalue weighted by Crippen LogP contribution is 2.26. The molecular weight excluding hydrogens is 264 g/mol. The van der Waals surface area contributed by atoms with Gasteiger partial charge in [0.2, 0.25) is 10.0 Å². The third-order valence-corrected chi connectivity index (χ3v) is 4.79. The lowest BCUT2D eigenvalue weighted by molar-refractivity contribution is 0.398. The molecule has 0 aliphatic carbocycles. The lowest BCUT2D eigenvalue weighted by Crippen LogP contribution is -2.42. The summed E-state index contributed by atoms with van der Waals surface area (Å²) in [7, 11) is -2.17. The van der Waals surface area contributed by atoms with Gasteiger partial charge in [-0.3, -0.25) is 0 Å². The van der Waals surface area contributed by atoms with Crippen LogP contribution in [0.25, 0.3) is 0 Å². The van der Waals surface area contributed by atoms with E-state index in [4.69, 9.17) is 10.5 Å². The minimum atomic E-state index is -3.61. The van der Waals surface area contributed by atoms with E-state index in [0.29, 0.717) is 18.7 Å². The summed E-state index contributed by atoms with van der Waals surface area (Å²) >= 11 is 0. The number of benzene rings is 1. The van der Waals surface area contributed by atoms with Crippen molar-refractivity contribution in [3.05, 3.63) is 23.8 Å². The zero-order valence-corrected chi connectivity index (χ0v) is 12.7. The van der Waals surface area contributed by atoms with E-state index < -0.39 is 15.6 Å². The van der Waals surface area contributed by atoms with Crippen LogP contribution in [0.15, 0.2) is 23.1 Å². The number of sulfonamides is 1. The molecule has 0 saturated carbocycles. The van der Waals surface area contributed by atoms with Gasteiger partial charge < -0.3 is 10.5 Å². The first-order valence-electron chi connectivity index (χ1n) is 6.16. The molecule has 0 fully saturated rings. The van der Waals surface area contributed by atoms with E-state index in [0.717, 1.165) is 5.56 Å². The number of nitrogens with one attached hydrogen (secondary N) is 1. The molecule has 0 aliphatic heterocycles. The van der Waals surface area contributed by atoms with Crippen LogP contribution < -0.4 is 15.2 Å². The maximum absolute atomic E-state index is 12.4. The molecule has 0 aliphatic rings. The second kappa shape index (κ2) is 5.90. The van der Waals surface area contributed by atoms with Crippen molar-refractivity contribution in [2.45, 2.75) is 44.2 Å². The van der Waals surface area contributed by atoms with E-state index in [1.165, 1.54) is 13.2 Å². The first kappa shape index (κ1) is 15.9. The average Bonchev–Trinajstić information content (AvgIpc) is 2.36. The van der Waals surface area contributed by atoms with Crippen molar-refractivity contribution in [1.29, 1.82) is 0 Å². The molecule has 0 bridgehead atoms. The molecule has 0 unspecified atom stereocenters. The van der Waals surface area contributed by atoms with Crippen molar-refractivity contribution in [2.75, 3.05) is 7.11 Å². The van der Waals surface area contributed by atoms with Crippen molar-refractivity contribution in [1.82, 2.24) is 4.72 Å². The van der Waals surface area contributed by atoms with E-state index in [1.807, 2.05) is 20.8 Å². The second-order valence-electron chi connectivity index (χ2n) is 5.03. The fourth-order valence-electron chi connectivity index (χ4n) is 1.55. The van der Waals surface area contributed by atoms with Crippen molar-refractivity contribution in [3.63, 3.8) is 0 Å². The molecule has 5 nitrogen and oxygen atoms in total. The predicted octanol–water partition coefficient (Wildman–Crippen LogP) is 1.62. The van der Waals surface area contributed by atoms with Crippen LogP contribution in [0, 0.1) is 0 Å². The Hall–Kier alpha value is -1.11. The molecular formula is C13H22N2O3S. The number of hydrogen-bond acceptors (Lipinski definition) is 4. The Morgan fingerprint density at radius 3 is 2.47 bits per heavy atom. The number of rotatable bonds is 6. The monoisotopic (exact) mass is 286 g/mol. The Kier molecular flexibility index (Phi) is 4.95. The van der Waals surface area contributed by atoms with Gasteiger partial charge in [-0.05, 0) is 38.0 Å². The van der Waals surface area contributed by atoms with E-state index in [2.05, 4.69) is 4.72 Å². The van der Waals surface area contributed by atoms with Crippen LogP contribution in [-0.2, 0) is 16.6 Å². The van der Waals surface area contributed by atoms with Gasteiger partial charge in [-0.2, -0.15) is 0 Å². The minimum absolute atomic E-state index is 0.133. The van der Waals surface area contributed by atoms with Gasteiger partial charge in [0.25, 0.3) is 0 Å². The Labute approximate surface area is 115 Å². The molecule has 0 heterocycles. The van der Waals surface area contributed by atoms with Crippen LogP contribution in [0.4, 0.5) is 0 Å². The van der Waals surface area contributed by atoms with Gasteiger partial charge in [-0.25, -0.2) is 13.1 Å². The van der Waals surface area contributed by atoms with Gasteiger partial charge in [0, 0.05) is 12.1 Å². The third kappa shape index (κ3) is 3.92. The maximum atomic E-state index is 12.4. The number of ether oxygens (including phenoxy) is 1. The van der Waals surface area contributed by atoms with Gasteiger partial charge in [0.1, 0.15) is 10.6 Å². The number of nitrogens with two attached hydrogens (primary N) is 1. The minimum Gasteiger partial charge on any atom is -0.495 e. The highest BCUT2D eigenvalue weighted by atomic mass is 32.2. The molecule has 108 valence electrons. The lowest BCUT2D eigenvalue weighted by atomic mass is 10.0. The van der Waals surface area contributed by atoms with Gasteiger partial charge in [-0.1, -0.05) is 13.0 Å². The van der Waals surface area contributed by atoms with Crippen LogP contribution in [0.2, 0.25) is 0 Å². The van der Waals surface area contributed by atoms with Crippen LogP contribution >= 0.6 is 0 Å². The molecule has 0 aromatic heterocycles. The summed E-state index contributed by atoms with van der Waals surface area (Å²) < 4.78 is 32.5. The van der Waals surface area contributed by atoms with Crippen LogP contribution in [0.1, 0.15) is 32.8 Å². The fourth-order valence-corrected chi connectivity index (χ4v) is 3.19. The molecule has 3 N–H and O–H groups in total. The Balaban J connectivity index is 3.21. The third-order valence-electron chi connectivity index (χ3n) is 3.05. The molecule has 0 saturated heterocycles. The number of methoxy groups -OCH3 is 1. The highest BCUT2D eigenvalue weighted by Gasteiger charge is 2.27. The normalized spacial score (nSPS) is 12.5. The number of hydrogen-bond donors (Lipinski definition) is 2. The molecule has 0 amide bonds. The van der Waals surface area contributed by atoms with Crippen LogP contribution in [0.3, 0.4) is 0 Å². The first-order chi connectivity index (χ1) is 8.75. The van der Waals surface area contributed by atoms with Crippen LogP contribution in [-0.4, -0.2) is 21.1 Å². The quantitative estimate of drug-likeness (QED) is 0.832. The SMILES string of the molecule is CCC(C)(C)NS(=O)(=O)c1ccc(CN)cc1OC. The fraction of sp³-hybridized carbons (Fsp3) is 0.538. The lowest BCUT2D eigenvalue weighted by Gasteiger charge is -2.24. The van der Waals surface area contributed by atoms with Crippen molar-refractivity contribution >= 4 is 10.0 Å². The molecule has 1 rings (SSSR count). The molecule has 0 atom stereocenters. The van der Waals surface area contributed by atoms with Crippen molar-refractivity contribution < 1.29 is 13.2 Å². The predicted molar refractivity (Wildman–Crippen MR) is 75.6 cm³/mol. The van der Waals surface area contributed by atoms with Gasteiger partial charge in [0.05, 0.1) is 7.11 Å². The zero-order chi connectivity index (χ0) is 14.7. The molecule has 6 heteroatoms. The molecule has 1 aromatic rings. The molecule has 1 aromatic carbocycles. The van der Waals surface area contributed by atoms with E-state index in [1.54, 1.807) is 12.1 Å². The Morgan fingerprint density at radius 2 is 2.00 bits per heavy atom. The first-order valence-corrected chi connectivity index (χ1v) is 7.65. The Morgan fingerprint density at radius 1 is 1.37 bits per heavy atom. The summed E-state index contributed by atoms with van der Waals surface area (Å²) in [5, 5.41) is 0. The second-order valence-corrected chi connectivity index (χ2v) is 6.68. The molecule has 0 spiro atoms. The van der Waals surface area contributed by atoms with Gasteiger partial charge in [-0.15, -0.1) is 0 Å². The summed E-state index contributed by atoms with van der Waals surface area (Å²) in [6.07, 6.45) is 0.690. The highest BCUT2D eigenvalue weighted by molar-refractivity contribution is 7.89. The van der Waals surface area contributed by atoms with E-state index in [9.17, 15) is 8.42 Å². The summed E-state index contributed by atoms with van der Waals surface area (Å²) in [6.45, 7) is 5.94. The summed E-state index contributed by atoms with van der Waals surface area (Å²) in [5.41, 5.74) is 5.86. The zero-order valence-electron chi connectivity index (χ0n) is 11.9. The van der Waals surface area contributed by atoms with Gasteiger partial charge >= 0.3 is 0 Å². The largest absolute Gasteiger partial charge is 0.495 e. The topological polar surface area (TPSA) is 81.4 Å². The molecule has 19 heavy (non-hydrogen) atoms. The standard InChI is InChI=1S/C13H22N2O3S/c1-5-13(2,3)15-19(16,17)12-7-6-10(9-14)8-11(12)18-4/h6-8,15H,5,9,14H2,1-4H3. The van der Waals surface area contributed by atoms with Crippen molar-refractivity contribution in [2.24, 2.45) is 5.73 Å². The van der Waals surface area contributed by atoms with Crippen LogP contribution in [0.5, 0.6) is 5.75 Å². The average molecular weight is 286 g/mol. The maximum Gasteiger partial charge on any atom is 0.244 e. The van der Waals surface area contributed by atoms with Crippen molar-refractivity contribution in [3.8, 4) is 5.75 Å². The van der Waals surface area contributed by atoms with Gasteiger partial charge in [0.15, 0.2) is 0 Å². The van der Waals surface area contributed by atoms with E-state index >= 15 is 0 Å². The smallest absolute Gasteiger partial charge is 0.244 e. The molecule has 0 radical (unpaired) electrons. The van der Waals surface area contributed by atoms with E-state index in [-0.39, 0.29) is 4.90 Å². The summed E-state index contributed by atoms with van der Waals surface area (Å²) in [4.78, 5) is 0.133. The Bertz CT molecular complexity index is 539. The summed E-state index contributed by atoms with van der Waals surface area (Å²) in [5.74, 6) is 0.308.